The maximum absolute atomic E-state index is 13.1. The van der Waals surface area contributed by atoms with Crippen molar-refractivity contribution >= 4 is 33.4 Å². The van der Waals surface area contributed by atoms with Crippen LogP contribution in [-0.4, -0.2) is 68.0 Å². The van der Waals surface area contributed by atoms with Crippen molar-refractivity contribution in [2.75, 3.05) is 55.3 Å². The Morgan fingerprint density at radius 2 is 1.86 bits per heavy atom. The summed E-state index contributed by atoms with van der Waals surface area (Å²) >= 11 is 0. The molecule has 2 aliphatic rings. The highest BCUT2D eigenvalue weighted by atomic mass is 32.2. The van der Waals surface area contributed by atoms with Crippen LogP contribution in [0.4, 0.5) is 17.5 Å². The zero-order chi connectivity index (χ0) is 24.7. The number of anilines is 3. The lowest BCUT2D eigenvalue weighted by molar-refractivity contribution is 0.0730. The van der Waals surface area contributed by atoms with Gasteiger partial charge in [-0.25, -0.2) is 13.4 Å². The van der Waals surface area contributed by atoms with Crippen molar-refractivity contribution < 1.29 is 17.9 Å². The molecule has 1 aromatic heterocycles. The van der Waals surface area contributed by atoms with Gasteiger partial charge in [-0.3, -0.25) is 4.79 Å². The fourth-order valence-corrected chi connectivity index (χ4v) is 5.20. The van der Waals surface area contributed by atoms with Gasteiger partial charge in [0.2, 0.25) is 16.0 Å². The normalized spacial score (nSPS) is 16.6. The van der Waals surface area contributed by atoms with Gasteiger partial charge in [0.25, 0.3) is 5.91 Å². The quantitative estimate of drug-likeness (QED) is 0.378. The molecule has 35 heavy (non-hydrogen) atoms. The van der Waals surface area contributed by atoms with Gasteiger partial charge in [0, 0.05) is 38.1 Å². The Labute approximate surface area is 206 Å². The molecule has 190 valence electrons. The highest BCUT2D eigenvalue weighted by Gasteiger charge is 2.26. The predicted octanol–water partition coefficient (Wildman–Crippen LogP) is 3.17. The minimum Gasteiger partial charge on any atom is -0.379 e. The monoisotopic (exact) mass is 502 g/mol. The first-order chi connectivity index (χ1) is 17.0. The van der Waals surface area contributed by atoms with Crippen LogP contribution in [-0.2, 0) is 14.8 Å². The summed E-state index contributed by atoms with van der Waals surface area (Å²) in [5.74, 6) is 1.38. The van der Waals surface area contributed by atoms with Gasteiger partial charge in [0.05, 0.1) is 18.1 Å². The SMILES string of the molecule is CCCCNc1ncc(C(=O)Nc2ccc(S(=O)(=O)N3CCOCC3)cc2)c(NCCC2CC2)n1. The number of unbranched alkanes of at least 4 members (excludes halogenated alkanes) is 1. The third-order valence-corrected chi connectivity index (χ3v) is 8.02. The molecule has 0 spiro atoms. The molecule has 2 fully saturated rings. The number of amides is 1. The number of rotatable bonds is 12. The molecule has 0 unspecified atom stereocenters. The molecule has 1 saturated heterocycles. The van der Waals surface area contributed by atoms with Crippen LogP contribution in [0.1, 0.15) is 49.4 Å². The summed E-state index contributed by atoms with van der Waals surface area (Å²) in [6.07, 6.45) is 7.16. The fraction of sp³-hybridized carbons (Fsp3) is 0.542. The molecular weight excluding hydrogens is 468 g/mol. The summed E-state index contributed by atoms with van der Waals surface area (Å²) in [6.45, 7) is 5.07. The van der Waals surface area contributed by atoms with Crippen LogP contribution in [0.2, 0.25) is 0 Å². The van der Waals surface area contributed by atoms with Crippen LogP contribution < -0.4 is 16.0 Å². The van der Waals surface area contributed by atoms with Crippen molar-refractivity contribution in [1.82, 2.24) is 14.3 Å². The van der Waals surface area contributed by atoms with Crippen LogP contribution in [0, 0.1) is 5.92 Å². The number of carbonyl (C=O) groups excluding carboxylic acids is 1. The van der Waals surface area contributed by atoms with E-state index < -0.39 is 10.0 Å². The molecular formula is C24H34N6O4S. The molecule has 2 heterocycles. The van der Waals surface area contributed by atoms with E-state index in [-0.39, 0.29) is 10.8 Å². The molecule has 1 aliphatic carbocycles. The number of nitrogens with one attached hydrogen (secondary N) is 3. The number of carbonyl (C=O) groups is 1. The maximum Gasteiger partial charge on any atom is 0.260 e. The number of aromatic nitrogens is 2. The third-order valence-electron chi connectivity index (χ3n) is 6.11. The Kier molecular flexibility index (Phi) is 8.53. The molecule has 4 rings (SSSR count). The van der Waals surface area contributed by atoms with E-state index >= 15 is 0 Å². The zero-order valence-corrected chi connectivity index (χ0v) is 20.9. The Morgan fingerprint density at radius 3 is 2.54 bits per heavy atom. The van der Waals surface area contributed by atoms with E-state index in [0.717, 1.165) is 38.3 Å². The van der Waals surface area contributed by atoms with Crippen LogP contribution in [0.3, 0.4) is 0 Å². The van der Waals surface area contributed by atoms with Crippen LogP contribution in [0.15, 0.2) is 35.4 Å². The highest BCUT2D eigenvalue weighted by Crippen LogP contribution is 2.32. The number of ether oxygens (including phenoxy) is 1. The van der Waals surface area contributed by atoms with Gasteiger partial charge in [-0.15, -0.1) is 0 Å². The third kappa shape index (κ3) is 6.89. The first kappa shape index (κ1) is 25.3. The van der Waals surface area contributed by atoms with Gasteiger partial charge in [0.15, 0.2) is 0 Å². The van der Waals surface area contributed by atoms with E-state index in [0.29, 0.717) is 49.3 Å². The number of benzene rings is 1. The van der Waals surface area contributed by atoms with Gasteiger partial charge >= 0.3 is 0 Å². The molecule has 0 radical (unpaired) electrons. The van der Waals surface area contributed by atoms with Crippen molar-refractivity contribution in [2.45, 2.75) is 43.9 Å². The van der Waals surface area contributed by atoms with Crippen molar-refractivity contribution in [2.24, 2.45) is 5.92 Å². The Hall–Kier alpha value is -2.76. The second-order valence-corrected chi connectivity index (χ2v) is 10.8. The number of hydrogen-bond donors (Lipinski definition) is 3. The van der Waals surface area contributed by atoms with E-state index in [4.69, 9.17) is 4.74 Å². The van der Waals surface area contributed by atoms with Crippen molar-refractivity contribution in [3.05, 3.63) is 36.0 Å². The maximum atomic E-state index is 13.1. The molecule has 0 atom stereocenters. The molecule has 1 aliphatic heterocycles. The molecule has 10 nitrogen and oxygen atoms in total. The average Bonchev–Trinajstić information content (AvgIpc) is 3.70. The van der Waals surface area contributed by atoms with Gasteiger partial charge in [-0.2, -0.15) is 9.29 Å². The zero-order valence-electron chi connectivity index (χ0n) is 20.1. The molecule has 2 aromatic rings. The van der Waals surface area contributed by atoms with E-state index in [1.54, 1.807) is 12.1 Å². The van der Waals surface area contributed by atoms with Crippen molar-refractivity contribution in [3.8, 4) is 0 Å². The van der Waals surface area contributed by atoms with E-state index in [1.165, 1.54) is 35.5 Å². The lowest BCUT2D eigenvalue weighted by Gasteiger charge is -2.26. The molecule has 1 saturated carbocycles. The minimum atomic E-state index is -3.59. The van der Waals surface area contributed by atoms with Gasteiger partial charge in [-0.05, 0) is 43.0 Å². The summed E-state index contributed by atoms with van der Waals surface area (Å²) < 4.78 is 32.3. The van der Waals surface area contributed by atoms with Gasteiger partial charge < -0.3 is 20.7 Å². The number of morpholine rings is 1. The molecule has 1 amide bonds. The van der Waals surface area contributed by atoms with Crippen molar-refractivity contribution in [1.29, 1.82) is 0 Å². The summed E-state index contributed by atoms with van der Waals surface area (Å²) in [5, 5.41) is 9.33. The second-order valence-electron chi connectivity index (χ2n) is 8.89. The van der Waals surface area contributed by atoms with E-state index in [1.807, 2.05) is 0 Å². The Bertz CT molecular complexity index is 1100. The second kappa shape index (κ2) is 11.8. The summed E-state index contributed by atoms with van der Waals surface area (Å²) in [6, 6.07) is 6.19. The summed E-state index contributed by atoms with van der Waals surface area (Å²) in [5.41, 5.74) is 0.830. The lowest BCUT2D eigenvalue weighted by atomic mass is 10.2. The van der Waals surface area contributed by atoms with Crippen molar-refractivity contribution in [3.63, 3.8) is 0 Å². The number of sulfonamides is 1. The van der Waals surface area contributed by atoms with E-state index in [2.05, 4.69) is 32.8 Å². The number of hydrogen-bond acceptors (Lipinski definition) is 8. The number of nitrogens with zero attached hydrogens (tertiary/aromatic N) is 3. The smallest absolute Gasteiger partial charge is 0.260 e. The summed E-state index contributed by atoms with van der Waals surface area (Å²) in [7, 11) is -3.59. The molecule has 0 bridgehead atoms. The topological polar surface area (TPSA) is 126 Å². The Morgan fingerprint density at radius 1 is 1.11 bits per heavy atom. The lowest BCUT2D eigenvalue weighted by Crippen LogP contribution is -2.40. The Balaban J connectivity index is 1.44. The van der Waals surface area contributed by atoms with Gasteiger partial charge in [-0.1, -0.05) is 26.2 Å². The molecule has 1 aromatic carbocycles. The minimum absolute atomic E-state index is 0.186. The van der Waals surface area contributed by atoms with E-state index in [9.17, 15) is 13.2 Å². The van der Waals surface area contributed by atoms with Crippen LogP contribution >= 0.6 is 0 Å². The first-order valence-electron chi connectivity index (χ1n) is 12.3. The van der Waals surface area contributed by atoms with Crippen LogP contribution in [0.5, 0.6) is 0 Å². The first-order valence-corrected chi connectivity index (χ1v) is 13.8. The van der Waals surface area contributed by atoms with Gasteiger partial charge in [0.1, 0.15) is 11.4 Å². The fourth-order valence-electron chi connectivity index (χ4n) is 3.79. The molecule has 3 N–H and O–H groups in total. The highest BCUT2D eigenvalue weighted by molar-refractivity contribution is 7.89. The largest absolute Gasteiger partial charge is 0.379 e. The predicted molar refractivity (Wildman–Crippen MR) is 135 cm³/mol. The van der Waals surface area contributed by atoms with Crippen LogP contribution in [0.25, 0.3) is 0 Å². The average molecular weight is 503 g/mol. The summed E-state index contributed by atoms with van der Waals surface area (Å²) in [4.78, 5) is 22.1. The molecule has 11 heteroatoms. The standard InChI is InChI=1S/C24H34N6O4S/c1-2-3-11-26-24-27-17-21(22(29-24)25-12-10-18-4-5-18)23(31)28-19-6-8-20(9-7-19)35(32,33)30-13-15-34-16-14-30/h6-9,17-18H,2-5,10-16H2,1H3,(H,28,31)(H2,25,26,27,29).